The summed E-state index contributed by atoms with van der Waals surface area (Å²) in [5, 5.41) is 4.00. The number of nitrogens with two attached hydrogens (primary N) is 1. The molecule has 3 nitrogen and oxygen atoms in total. The van der Waals surface area contributed by atoms with Crippen molar-refractivity contribution in [3.8, 4) is 0 Å². The first-order valence-corrected chi connectivity index (χ1v) is 5.44. The molecule has 1 atom stereocenters. The molecule has 0 spiro atoms. The fraction of sp³-hybridized carbons (Fsp3) is 0.727. The second-order valence-electron chi connectivity index (χ2n) is 5.28. The molecule has 0 bridgehead atoms. The second kappa shape index (κ2) is 4.33. The van der Waals surface area contributed by atoms with Gasteiger partial charge in [0, 0.05) is 12.5 Å². The fourth-order valence-corrected chi connectivity index (χ4v) is 1.57. The van der Waals surface area contributed by atoms with Crippen LogP contribution in [0.3, 0.4) is 0 Å². The molecule has 0 aromatic carbocycles. The zero-order chi connectivity index (χ0) is 13.4. The van der Waals surface area contributed by atoms with Crippen LogP contribution in [0, 0.1) is 0 Å². The Morgan fingerprint density at radius 1 is 1.35 bits per heavy atom. The maximum absolute atomic E-state index is 12.8. The van der Waals surface area contributed by atoms with Crippen molar-refractivity contribution in [1.29, 1.82) is 0 Å². The molecule has 2 N–H and O–H groups in total. The van der Waals surface area contributed by atoms with Crippen LogP contribution < -0.4 is 5.73 Å². The fourth-order valence-electron chi connectivity index (χ4n) is 1.57. The summed E-state index contributed by atoms with van der Waals surface area (Å²) in [7, 11) is 0. The quantitative estimate of drug-likeness (QED) is 0.875. The Kier molecular flexibility index (Phi) is 3.57. The van der Waals surface area contributed by atoms with E-state index in [1.807, 2.05) is 0 Å². The van der Waals surface area contributed by atoms with Gasteiger partial charge in [-0.1, -0.05) is 0 Å². The number of alkyl halides is 3. The summed E-state index contributed by atoms with van der Waals surface area (Å²) in [5.74, 6) is 0. The monoisotopic (exact) mass is 249 g/mol. The van der Waals surface area contributed by atoms with Crippen LogP contribution in [0.4, 0.5) is 13.2 Å². The predicted octanol–water partition coefficient (Wildman–Crippen LogP) is 2.55. The lowest BCUT2D eigenvalue weighted by Gasteiger charge is -2.23. The van der Waals surface area contributed by atoms with E-state index in [0.29, 0.717) is 12.1 Å². The lowest BCUT2D eigenvalue weighted by molar-refractivity contribution is -0.146. The highest BCUT2D eigenvalue weighted by molar-refractivity contribution is 5.16. The van der Waals surface area contributed by atoms with Crippen LogP contribution >= 0.6 is 0 Å². The second-order valence-corrected chi connectivity index (χ2v) is 5.28. The highest BCUT2D eigenvalue weighted by atomic mass is 19.4. The SMILES string of the molecule is CC(N)Cc1cc(C(F)(F)F)n(C(C)(C)C)n1. The molecule has 0 aliphatic carbocycles. The first-order valence-electron chi connectivity index (χ1n) is 5.44. The van der Waals surface area contributed by atoms with Gasteiger partial charge in [0.1, 0.15) is 5.69 Å². The van der Waals surface area contributed by atoms with Gasteiger partial charge in [-0.2, -0.15) is 18.3 Å². The topological polar surface area (TPSA) is 43.8 Å². The zero-order valence-corrected chi connectivity index (χ0v) is 10.5. The highest BCUT2D eigenvalue weighted by Gasteiger charge is 2.38. The summed E-state index contributed by atoms with van der Waals surface area (Å²) in [6.45, 7) is 6.80. The van der Waals surface area contributed by atoms with Gasteiger partial charge in [-0.05, 0) is 33.8 Å². The highest BCUT2D eigenvalue weighted by Crippen LogP contribution is 2.33. The lowest BCUT2D eigenvalue weighted by Crippen LogP contribution is -2.28. The van der Waals surface area contributed by atoms with E-state index in [4.69, 9.17) is 5.73 Å². The molecule has 98 valence electrons. The molecule has 6 heteroatoms. The van der Waals surface area contributed by atoms with Crippen LogP contribution in [0.25, 0.3) is 0 Å². The van der Waals surface area contributed by atoms with Crippen LogP contribution in [-0.4, -0.2) is 15.8 Å². The van der Waals surface area contributed by atoms with Crippen molar-refractivity contribution >= 4 is 0 Å². The molecular weight excluding hydrogens is 231 g/mol. The Morgan fingerprint density at radius 2 is 1.88 bits per heavy atom. The minimum atomic E-state index is -4.39. The van der Waals surface area contributed by atoms with Gasteiger partial charge in [-0.3, -0.25) is 4.68 Å². The Morgan fingerprint density at radius 3 is 2.18 bits per heavy atom. The average molecular weight is 249 g/mol. The smallest absolute Gasteiger partial charge is 0.328 e. The van der Waals surface area contributed by atoms with Gasteiger partial charge < -0.3 is 5.73 Å². The molecule has 0 radical (unpaired) electrons. The van der Waals surface area contributed by atoms with E-state index in [9.17, 15) is 13.2 Å². The van der Waals surface area contributed by atoms with Crippen LogP contribution in [0.5, 0.6) is 0 Å². The summed E-state index contributed by atoms with van der Waals surface area (Å²) in [5.41, 5.74) is 4.52. The van der Waals surface area contributed by atoms with E-state index in [2.05, 4.69) is 5.10 Å². The van der Waals surface area contributed by atoms with E-state index in [1.54, 1.807) is 27.7 Å². The lowest BCUT2D eigenvalue weighted by atomic mass is 10.1. The van der Waals surface area contributed by atoms with Crippen LogP contribution in [0.1, 0.15) is 39.1 Å². The van der Waals surface area contributed by atoms with Crippen molar-refractivity contribution in [2.45, 2.75) is 51.9 Å². The molecule has 1 heterocycles. The van der Waals surface area contributed by atoms with Crippen LogP contribution in [-0.2, 0) is 18.1 Å². The van der Waals surface area contributed by atoms with E-state index in [0.717, 1.165) is 10.7 Å². The summed E-state index contributed by atoms with van der Waals surface area (Å²) in [4.78, 5) is 0. The van der Waals surface area contributed by atoms with Gasteiger partial charge in [0.25, 0.3) is 0 Å². The van der Waals surface area contributed by atoms with Crippen molar-refractivity contribution in [2.24, 2.45) is 5.73 Å². The van der Waals surface area contributed by atoms with Crippen LogP contribution in [0.2, 0.25) is 0 Å². The number of hydrogen-bond donors (Lipinski definition) is 1. The molecule has 0 fully saturated rings. The normalized spacial score (nSPS) is 15.1. The summed E-state index contributed by atoms with van der Waals surface area (Å²) >= 11 is 0. The van der Waals surface area contributed by atoms with E-state index in [1.165, 1.54) is 0 Å². The Bertz CT molecular complexity index is 354. The third-order valence-corrected chi connectivity index (χ3v) is 2.22. The first kappa shape index (κ1) is 14.0. The molecular formula is C11H18F3N3. The van der Waals surface area contributed by atoms with E-state index >= 15 is 0 Å². The zero-order valence-electron chi connectivity index (χ0n) is 10.5. The Labute approximate surface area is 98.8 Å². The molecule has 1 aromatic rings. The number of nitrogens with zero attached hydrogens (tertiary/aromatic N) is 2. The van der Waals surface area contributed by atoms with Crippen molar-refractivity contribution < 1.29 is 13.2 Å². The third kappa shape index (κ3) is 3.46. The van der Waals surface area contributed by atoms with Gasteiger partial charge >= 0.3 is 6.18 Å². The molecule has 0 aliphatic rings. The predicted molar refractivity (Wildman–Crippen MR) is 59.6 cm³/mol. The number of rotatable bonds is 2. The van der Waals surface area contributed by atoms with Crippen molar-refractivity contribution in [1.82, 2.24) is 9.78 Å². The minimum absolute atomic E-state index is 0.209. The third-order valence-electron chi connectivity index (χ3n) is 2.22. The molecule has 0 saturated heterocycles. The maximum atomic E-state index is 12.8. The molecule has 0 aliphatic heterocycles. The molecule has 0 saturated carbocycles. The van der Waals surface area contributed by atoms with Crippen molar-refractivity contribution in [2.75, 3.05) is 0 Å². The summed E-state index contributed by atoms with van der Waals surface area (Å²) in [6, 6.07) is 0.869. The Balaban J connectivity index is 3.23. The van der Waals surface area contributed by atoms with Gasteiger partial charge in [-0.25, -0.2) is 0 Å². The first-order chi connectivity index (χ1) is 7.51. The molecule has 1 unspecified atom stereocenters. The largest absolute Gasteiger partial charge is 0.433 e. The van der Waals surface area contributed by atoms with Crippen LogP contribution in [0.15, 0.2) is 6.07 Å². The van der Waals surface area contributed by atoms with Gasteiger partial charge in [0.05, 0.1) is 11.2 Å². The van der Waals surface area contributed by atoms with Gasteiger partial charge in [0.2, 0.25) is 0 Å². The summed E-state index contributed by atoms with van der Waals surface area (Å²) < 4.78 is 39.5. The maximum Gasteiger partial charge on any atom is 0.433 e. The molecule has 17 heavy (non-hydrogen) atoms. The van der Waals surface area contributed by atoms with Crippen molar-refractivity contribution in [3.05, 3.63) is 17.5 Å². The van der Waals surface area contributed by atoms with Crippen molar-refractivity contribution in [3.63, 3.8) is 0 Å². The van der Waals surface area contributed by atoms with E-state index in [-0.39, 0.29) is 6.04 Å². The van der Waals surface area contributed by atoms with Gasteiger partial charge in [0.15, 0.2) is 0 Å². The Hall–Kier alpha value is -1.04. The molecule has 1 rings (SSSR count). The number of hydrogen-bond acceptors (Lipinski definition) is 2. The summed E-state index contributed by atoms with van der Waals surface area (Å²) in [6.07, 6.45) is -4.05. The minimum Gasteiger partial charge on any atom is -0.328 e. The molecule has 0 amide bonds. The van der Waals surface area contributed by atoms with Gasteiger partial charge in [-0.15, -0.1) is 0 Å². The van der Waals surface area contributed by atoms with E-state index < -0.39 is 17.4 Å². The standard InChI is InChI=1S/C11H18F3N3/c1-7(15)5-8-6-9(11(12,13)14)17(16-8)10(2,3)4/h6-7H,5,15H2,1-4H3. The molecule has 1 aromatic heterocycles. The number of halogens is 3. The number of aromatic nitrogens is 2. The average Bonchev–Trinajstić information content (AvgIpc) is 2.44.